The van der Waals surface area contributed by atoms with Crippen LogP contribution in [0.15, 0.2) is 24.3 Å². The lowest BCUT2D eigenvalue weighted by Crippen LogP contribution is -2.53. The summed E-state index contributed by atoms with van der Waals surface area (Å²) < 4.78 is 5.29. The van der Waals surface area contributed by atoms with E-state index < -0.39 is 5.60 Å². The van der Waals surface area contributed by atoms with Gasteiger partial charge in [-0.2, -0.15) is 0 Å². The highest BCUT2D eigenvalue weighted by Crippen LogP contribution is 2.26. The third-order valence-corrected chi connectivity index (χ3v) is 4.18. The Bertz CT molecular complexity index is 513. The first-order valence-corrected chi connectivity index (χ1v) is 8.59. The van der Waals surface area contributed by atoms with Crippen molar-refractivity contribution in [3.05, 3.63) is 35.4 Å². The van der Waals surface area contributed by atoms with Gasteiger partial charge in [0, 0.05) is 18.1 Å². The molecular weight excluding hydrogens is 288 g/mol. The van der Waals surface area contributed by atoms with Crippen LogP contribution in [0.2, 0.25) is 0 Å². The number of hydrogen-bond donors (Lipinski definition) is 2. The Morgan fingerprint density at radius 2 is 1.83 bits per heavy atom. The molecule has 2 N–H and O–H groups in total. The lowest BCUT2D eigenvalue weighted by atomic mass is 9.85. The van der Waals surface area contributed by atoms with Gasteiger partial charge in [-0.1, -0.05) is 36.8 Å². The van der Waals surface area contributed by atoms with Crippen LogP contribution in [0.3, 0.4) is 0 Å². The molecule has 4 heteroatoms. The second kappa shape index (κ2) is 7.35. The van der Waals surface area contributed by atoms with Gasteiger partial charge in [-0.15, -0.1) is 0 Å². The second-order valence-corrected chi connectivity index (χ2v) is 7.55. The summed E-state index contributed by atoms with van der Waals surface area (Å²) in [5.41, 5.74) is 2.18. The van der Waals surface area contributed by atoms with Crippen molar-refractivity contribution in [3.8, 4) is 0 Å². The third-order valence-electron chi connectivity index (χ3n) is 4.18. The zero-order valence-electron chi connectivity index (χ0n) is 15.0. The molecule has 1 atom stereocenters. The van der Waals surface area contributed by atoms with Crippen LogP contribution in [0.25, 0.3) is 0 Å². The first-order chi connectivity index (χ1) is 10.8. The molecule has 4 nitrogen and oxygen atoms in total. The Kier molecular flexibility index (Phi) is 5.69. The minimum atomic E-state index is -0.440. The Balaban J connectivity index is 1.76. The number of nitrogens with one attached hydrogen (secondary N) is 2. The summed E-state index contributed by atoms with van der Waals surface area (Å²) >= 11 is 0. The molecule has 1 aromatic rings. The van der Waals surface area contributed by atoms with Gasteiger partial charge in [-0.05, 0) is 52.5 Å². The molecule has 1 amide bonds. The fraction of sp³-hybridized carbons (Fsp3) is 0.632. The number of ether oxygens (including phenoxy) is 1. The largest absolute Gasteiger partial charge is 0.444 e. The monoisotopic (exact) mass is 318 g/mol. The van der Waals surface area contributed by atoms with Crippen molar-refractivity contribution < 1.29 is 9.53 Å². The van der Waals surface area contributed by atoms with E-state index in [1.54, 1.807) is 0 Å². The van der Waals surface area contributed by atoms with E-state index >= 15 is 0 Å². The zero-order chi connectivity index (χ0) is 17.0. The highest BCUT2D eigenvalue weighted by molar-refractivity contribution is 5.68. The van der Waals surface area contributed by atoms with E-state index in [1.165, 1.54) is 11.1 Å². The Hall–Kier alpha value is -1.55. The van der Waals surface area contributed by atoms with Gasteiger partial charge in [-0.25, -0.2) is 4.79 Å². The van der Waals surface area contributed by atoms with Crippen molar-refractivity contribution in [2.45, 2.75) is 77.6 Å². The topological polar surface area (TPSA) is 50.4 Å². The van der Waals surface area contributed by atoms with Gasteiger partial charge in [0.05, 0.1) is 0 Å². The molecule has 0 bridgehead atoms. The molecule has 0 aromatic heterocycles. The van der Waals surface area contributed by atoms with E-state index in [0.717, 1.165) is 19.3 Å². The number of hydrogen-bond acceptors (Lipinski definition) is 3. The molecule has 1 aliphatic rings. The predicted octanol–water partition coefficient (Wildman–Crippen LogP) is 4.09. The normalized spacial score (nSPS) is 22.1. The van der Waals surface area contributed by atoms with Crippen LogP contribution < -0.4 is 10.6 Å². The molecule has 0 spiro atoms. The van der Waals surface area contributed by atoms with E-state index in [9.17, 15) is 4.79 Å². The number of rotatable bonds is 5. The number of aryl methyl sites for hydroxylation is 1. The van der Waals surface area contributed by atoms with Crippen molar-refractivity contribution in [2.24, 2.45) is 0 Å². The highest BCUT2D eigenvalue weighted by Gasteiger charge is 2.32. The maximum absolute atomic E-state index is 11.7. The van der Waals surface area contributed by atoms with Gasteiger partial charge in [0.15, 0.2) is 0 Å². The standard InChI is InChI=1S/C19H30N2O2/c1-6-17(14-9-7-13(2)8-10-14)20-15-11-16(12-15)21-18(22)23-19(3,4)5/h7-10,15-17,20H,6,11-12H2,1-5H3,(H,21,22). The van der Waals surface area contributed by atoms with E-state index in [-0.39, 0.29) is 12.1 Å². The lowest BCUT2D eigenvalue weighted by molar-refractivity contribution is 0.0462. The summed E-state index contributed by atoms with van der Waals surface area (Å²) in [6, 6.07) is 9.78. The number of benzene rings is 1. The molecule has 0 radical (unpaired) electrons. The maximum atomic E-state index is 11.7. The summed E-state index contributed by atoms with van der Waals surface area (Å²) in [4.78, 5) is 11.7. The number of carbonyl (C=O) groups excluding carboxylic acids is 1. The quantitative estimate of drug-likeness (QED) is 0.859. The first-order valence-electron chi connectivity index (χ1n) is 8.59. The van der Waals surface area contributed by atoms with Crippen LogP contribution in [0.5, 0.6) is 0 Å². The molecule has 1 aliphatic carbocycles. The Labute approximate surface area is 140 Å². The van der Waals surface area contributed by atoms with Crippen molar-refractivity contribution >= 4 is 6.09 Å². The molecule has 0 saturated heterocycles. The molecule has 1 aromatic carbocycles. The summed E-state index contributed by atoms with van der Waals surface area (Å²) in [6.07, 6.45) is 2.67. The average molecular weight is 318 g/mol. The fourth-order valence-electron chi connectivity index (χ4n) is 2.88. The van der Waals surface area contributed by atoms with Crippen LogP contribution in [0.4, 0.5) is 4.79 Å². The third kappa shape index (κ3) is 5.54. The maximum Gasteiger partial charge on any atom is 0.407 e. The van der Waals surface area contributed by atoms with Crippen LogP contribution in [-0.2, 0) is 4.74 Å². The molecule has 1 fully saturated rings. The van der Waals surface area contributed by atoms with E-state index in [2.05, 4.69) is 48.7 Å². The van der Waals surface area contributed by atoms with Gasteiger partial charge < -0.3 is 15.4 Å². The molecular formula is C19H30N2O2. The SMILES string of the molecule is CCC(NC1CC(NC(=O)OC(C)(C)C)C1)c1ccc(C)cc1. The Morgan fingerprint density at radius 3 is 2.35 bits per heavy atom. The van der Waals surface area contributed by atoms with Gasteiger partial charge in [0.1, 0.15) is 5.60 Å². The van der Waals surface area contributed by atoms with Gasteiger partial charge >= 0.3 is 6.09 Å². The van der Waals surface area contributed by atoms with E-state index in [4.69, 9.17) is 4.74 Å². The minimum Gasteiger partial charge on any atom is -0.444 e. The van der Waals surface area contributed by atoms with Crippen molar-refractivity contribution in [1.29, 1.82) is 0 Å². The highest BCUT2D eigenvalue weighted by atomic mass is 16.6. The van der Waals surface area contributed by atoms with Crippen LogP contribution in [0.1, 0.15) is 64.1 Å². The molecule has 0 aliphatic heterocycles. The van der Waals surface area contributed by atoms with E-state index in [1.807, 2.05) is 20.8 Å². The molecule has 1 saturated carbocycles. The molecule has 23 heavy (non-hydrogen) atoms. The summed E-state index contributed by atoms with van der Waals surface area (Å²) in [7, 11) is 0. The van der Waals surface area contributed by atoms with Gasteiger partial charge in [0.2, 0.25) is 0 Å². The first kappa shape index (κ1) is 17.8. The lowest BCUT2D eigenvalue weighted by Gasteiger charge is -2.39. The number of amides is 1. The van der Waals surface area contributed by atoms with Crippen LogP contribution in [0, 0.1) is 6.92 Å². The smallest absolute Gasteiger partial charge is 0.407 e. The molecule has 1 unspecified atom stereocenters. The van der Waals surface area contributed by atoms with Crippen molar-refractivity contribution in [1.82, 2.24) is 10.6 Å². The van der Waals surface area contributed by atoms with Crippen molar-refractivity contribution in [3.63, 3.8) is 0 Å². The van der Waals surface area contributed by atoms with Crippen LogP contribution in [-0.4, -0.2) is 23.8 Å². The molecule has 128 valence electrons. The van der Waals surface area contributed by atoms with Crippen LogP contribution >= 0.6 is 0 Å². The number of alkyl carbamates (subject to hydrolysis) is 1. The number of carbonyl (C=O) groups is 1. The second-order valence-electron chi connectivity index (χ2n) is 7.55. The van der Waals surface area contributed by atoms with Crippen molar-refractivity contribution in [2.75, 3.05) is 0 Å². The minimum absolute atomic E-state index is 0.220. The molecule has 2 rings (SSSR count). The summed E-state index contributed by atoms with van der Waals surface area (Å²) in [6.45, 7) is 9.95. The average Bonchev–Trinajstić information content (AvgIpc) is 2.40. The summed E-state index contributed by atoms with van der Waals surface area (Å²) in [5, 5.41) is 6.64. The summed E-state index contributed by atoms with van der Waals surface area (Å²) in [5.74, 6) is 0. The zero-order valence-corrected chi connectivity index (χ0v) is 15.0. The van der Waals surface area contributed by atoms with Gasteiger partial charge in [0.25, 0.3) is 0 Å². The van der Waals surface area contributed by atoms with E-state index in [0.29, 0.717) is 12.1 Å². The Morgan fingerprint density at radius 1 is 1.22 bits per heavy atom. The fourth-order valence-corrected chi connectivity index (χ4v) is 2.88. The molecule has 0 heterocycles. The van der Waals surface area contributed by atoms with Gasteiger partial charge in [-0.3, -0.25) is 0 Å². The predicted molar refractivity (Wildman–Crippen MR) is 93.5 cm³/mol.